The summed E-state index contributed by atoms with van der Waals surface area (Å²) in [6.45, 7) is 0. The highest BCUT2D eigenvalue weighted by Crippen LogP contribution is 2.33. The van der Waals surface area contributed by atoms with Crippen LogP contribution in [-0.2, 0) is 6.42 Å². The van der Waals surface area contributed by atoms with Crippen molar-refractivity contribution >= 4 is 26.8 Å². The number of rotatable bonds is 0. The van der Waals surface area contributed by atoms with Crippen LogP contribution < -0.4 is 5.73 Å². The van der Waals surface area contributed by atoms with E-state index < -0.39 is 0 Å². The lowest BCUT2D eigenvalue weighted by molar-refractivity contribution is -0.430. The van der Waals surface area contributed by atoms with Crippen molar-refractivity contribution < 1.29 is 5.73 Å². The molecule has 3 heteroatoms. The summed E-state index contributed by atoms with van der Waals surface area (Å²) in [6, 6.07) is 6.88. The molecule has 0 spiro atoms. The molecule has 1 aromatic heterocycles. The van der Waals surface area contributed by atoms with Crippen molar-refractivity contribution in [1.29, 1.82) is 0 Å². The zero-order valence-electron chi connectivity index (χ0n) is 8.52. The normalized spacial score (nSPS) is 20.5. The maximum absolute atomic E-state index is 4.21. The summed E-state index contributed by atoms with van der Waals surface area (Å²) in [5, 5.41) is 1.37. The van der Waals surface area contributed by atoms with Crippen LogP contribution in [0, 0.1) is 0 Å². The van der Waals surface area contributed by atoms with E-state index in [1.807, 2.05) is 0 Å². The Labute approximate surface area is 97.0 Å². The monoisotopic (exact) mass is 265 g/mol. The second-order valence-corrected chi connectivity index (χ2v) is 5.21. The number of fused-ring (bicyclic) bond motifs is 3. The van der Waals surface area contributed by atoms with E-state index in [4.69, 9.17) is 0 Å². The third-order valence-corrected chi connectivity index (χ3v) is 3.78. The molecule has 0 saturated heterocycles. The number of halogens is 1. The second kappa shape index (κ2) is 3.35. The van der Waals surface area contributed by atoms with Crippen molar-refractivity contribution in [2.45, 2.75) is 25.3 Å². The van der Waals surface area contributed by atoms with Crippen molar-refractivity contribution in [1.82, 2.24) is 4.98 Å². The predicted octanol–water partition coefficient (Wildman–Crippen LogP) is 2.55. The topological polar surface area (TPSA) is 43.4 Å². The Morgan fingerprint density at radius 2 is 2.27 bits per heavy atom. The lowest BCUT2D eigenvalue weighted by Crippen LogP contribution is -2.54. The number of aromatic amines is 1. The molecule has 2 aromatic rings. The average Bonchev–Trinajstić information content (AvgIpc) is 2.58. The third kappa shape index (κ3) is 1.42. The first kappa shape index (κ1) is 9.43. The van der Waals surface area contributed by atoms with E-state index in [9.17, 15) is 0 Å². The Bertz CT molecular complexity index is 516. The summed E-state index contributed by atoms with van der Waals surface area (Å²) in [4.78, 5) is 3.51. The minimum atomic E-state index is 0.444. The van der Waals surface area contributed by atoms with E-state index in [-0.39, 0.29) is 0 Å². The Kier molecular flexibility index (Phi) is 2.11. The molecule has 0 saturated carbocycles. The smallest absolute Gasteiger partial charge is 0.125 e. The van der Waals surface area contributed by atoms with Gasteiger partial charge in [-0.2, -0.15) is 0 Å². The molecule has 78 valence electrons. The van der Waals surface area contributed by atoms with Crippen molar-refractivity contribution in [3.05, 3.63) is 33.9 Å². The lowest BCUT2D eigenvalue weighted by atomic mass is 9.92. The summed E-state index contributed by atoms with van der Waals surface area (Å²) >= 11 is 3.53. The minimum Gasteiger partial charge on any atom is -0.353 e. The lowest BCUT2D eigenvalue weighted by Gasteiger charge is -2.15. The van der Waals surface area contributed by atoms with Crippen molar-refractivity contribution in [3.8, 4) is 0 Å². The van der Waals surface area contributed by atoms with Crippen LogP contribution in [0.25, 0.3) is 10.9 Å². The van der Waals surface area contributed by atoms with Crippen LogP contribution in [0.1, 0.15) is 30.1 Å². The van der Waals surface area contributed by atoms with Gasteiger partial charge in [-0.05, 0) is 36.6 Å². The van der Waals surface area contributed by atoms with Crippen LogP contribution in [0.2, 0.25) is 0 Å². The van der Waals surface area contributed by atoms with E-state index in [1.165, 1.54) is 41.4 Å². The highest BCUT2D eigenvalue weighted by Gasteiger charge is 2.23. The number of aryl methyl sites for hydroxylation is 1. The van der Waals surface area contributed by atoms with Gasteiger partial charge in [0.05, 0.1) is 5.69 Å². The Hall–Kier alpha value is -0.800. The van der Waals surface area contributed by atoms with Gasteiger partial charge in [0, 0.05) is 21.8 Å². The van der Waals surface area contributed by atoms with Gasteiger partial charge >= 0.3 is 0 Å². The molecule has 4 N–H and O–H groups in total. The fourth-order valence-corrected chi connectivity index (χ4v) is 2.89. The van der Waals surface area contributed by atoms with Crippen LogP contribution in [0.5, 0.6) is 0 Å². The number of quaternary nitrogens is 1. The SMILES string of the molecule is [NH3+][C@@H]1CCCc2c1[nH]c1ccc(Br)cc21. The maximum atomic E-state index is 4.21. The zero-order valence-corrected chi connectivity index (χ0v) is 10.1. The largest absolute Gasteiger partial charge is 0.353 e. The fourth-order valence-electron chi connectivity index (χ4n) is 2.53. The Balaban J connectivity index is 2.31. The van der Waals surface area contributed by atoms with Crippen LogP contribution in [0.4, 0.5) is 0 Å². The predicted molar refractivity (Wildman–Crippen MR) is 64.6 cm³/mol. The van der Waals surface area contributed by atoms with Crippen LogP contribution in [0.3, 0.4) is 0 Å². The van der Waals surface area contributed by atoms with Crippen LogP contribution >= 0.6 is 15.9 Å². The zero-order chi connectivity index (χ0) is 10.4. The molecule has 0 aliphatic heterocycles. The Morgan fingerprint density at radius 1 is 1.40 bits per heavy atom. The molecule has 1 aliphatic carbocycles. The van der Waals surface area contributed by atoms with Crippen molar-refractivity contribution in [3.63, 3.8) is 0 Å². The van der Waals surface area contributed by atoms with Gasteiger partial charge in [-0.3, -0.25) is 0 Å². The fraction of sp³-hybridized carbons (Fsp3) is 0.333. The standard InChI is InChI=1S/C12H13BrN2/c13-7-4-5-11-9(6-7)8-2-1-3-10(14)12(8)15-11/h4-6,10,15H,1-3,14H2/p+1/t10-/m1/s1. The molecule has 0 bridgehead atoms. The number of benzene rings is 1. The maximum Gasteiger partial charge on any atom is 0.125 e. The van der Waals surface area contributed by atoms with Crippen molar-refractivity contribution in [2.75, 3.05) is 0 Å². The molecular formula is C12H14BrN2+. The summed E-state index contributed by atoms with van der Waals surface area (Å²) in [5.74, 6) is 0. The first-order chi connectivity index (χ1) is 7.25. The van der Waals surface area contributed by atoms with Gasteiger partial charge < -0.3 is 10.7 Å². The van der Waals surface area contributed by atoms with E-state index in [2.05, 4.69) is 44.8 Å². The van der Waals surface area contributed by atoms with Gasteiger partial charge in [0.2, 0.25) is 0 Å². The summed E-state index contributed by atoms with van der Waals surface area (Å²) in [6.07, 6.45) is 3.67. The molecule has 2 nitrogen and oxygen atoms in total. The number of nitrogens with one attached hydrogen (secondary N) is 1. The molecule has 0 unspecified atom stereocenters. The average molecular weight is 266 g/mol. The highest BCUT2D eigenvalue weighted by atomic mass is 79.9. The van der Waals surface area contributed by atoms with Gasteiger partial charge in [0.1, 0.15) is 6.04 Å². The molecule has 1 atom stereocenters. The van der Waals surface area contributed by atoms with Gasteiger partial charge in [0.15, 0.2) is 0 Å². The van der Waals surface area contributed by atoms with Gasteiger partial charge in [0.25, 0.3) is 0 Å². The van der Waals surface area contributed by atoms with Gasteiger partial charge in [-0.1, -0.05) is 15.9 Å². The summed E-state index contributed by atoms with van der Waals surface area (Å²) in [7, 11) is 0. The summed E-state index contributed by atoms with van der Waals surface area (Å²) in [5.41, 5.74) is 8.30. The molecule has 3 rings (SSSR count). The molecule has 0 amide bonds. The quantitative estimate of drug-likeness (QED) is 0.736. The first-order valence-electron chi connectivity index (χ1n) is 5.39. The van der Waals surface area contributed by atoms with E-state index in [0.29, 0.717) is 6.04 Å². The second-order valence-electron chi connectivity index (χ2n) is 4.30. The molecule has 1 heterocycles. The first-order valence-corrected chi connectivity index (χ1v) is 6.18. The van der Waals surface area contributed by atoms with Crippen LogP contribution in [-0.4, -0.2) is 4.98 Å². The molecule has 0 radical (unpaired) electrons. The molecular weight excluding hydrogens is 252 g/mol. The van der Waals surface area contributed by atoms with E-state index in [1.54, 1.807) is 0 Å². The van der Waals surface area contributed by atoms with E-state index in [0.717, 1.165) is 4.47 Å². The number of aromatic nitrogens is 1. The van der Waals surface area contributed by atoms with Gasteiger partial charge in [-0.15, -0.1) is 0 Å². The van der Waals surface area contributed by atoms with Gasteiger partial charge in [-0.25, -0.2) is 0 Å². The van der Waals surface area contributed by atoms with Crippen LogP contribution in [0.15, 0.2) is 22.7 Å². The van der Waals surface area contributed by atoms with E-state index >= 15 is 0 Å². The number of H-pyrrole nitrogens is 1. The molecule has 0 fully saturated rings. The summed E-state index contributed by atoms with van der Waals surface area (Å²) < 4.78 is 1.16. The van der Waals surface area contributed by atoms with Crippen molar-refractivity contribution in [2.24, 2.45) is 0 Å². The third-order valence-electron chi connectivity index (χ3n) is 3.29. The number of hydrogen-bond donors (Lipinski definition) is 2. The molecule has 15 heavy (non-hydrogen) atoms. The highest BCUT2D eigenvalue weighted by molar-refractivity contribution is 9.10. The minimum absolute atomic E-state index is 0.444. The molecule has 1 aliphatic rings. The number of hydrogen-bond acceptors (Lipinski definition) is 0. The molecule has 1 aromatic carbocycles. The Morgan fingerprint density at radius 3 is 3.13 bits per heavy atom.